The summed E-state index contributed by atoms with van der Waals surface area (Å²) in [7, 11) is 0. The van der Waals surface area contributed by atoms with Crippen LogP contribution >= 0.6 is 0 Å². The fourth-order valence-electron chi connectivity index (χ4n) is 0.0645. The molecule has 2 N–H and O–H groups in total. The van der Waals surface area contributed by atoms with Crippen LogP contribution in [-0.4, -0.2) is 28.4 Å². The Bertz CT molecular complexity index is 96.2. The molecule has 0 fully saturated rings. The van der Waals surface area contributed by atoms with Gasteiger partial charge in [0.25, 0.3) is 0 Å². The topological polar surface area (TPSA) is 80.6 Å². The number of rotatable bonds is 2. The molecule has 8 heavy (non-hydrogen) atoms. The van der Waals surface area contributed by atoms with Crippen molar-refractivity contribution in [2.75, 3.05) is 6.61 Å². The van der Waals surface area contributed by atoms with Gasteiger partial charge in [-0.3, -0.25) is 0 Å². The Labute approximate surface area is 46.4 Å². The average Bonchev–Trinajstić information content (AvgIpc) is 1.67. The smallest absolute Gasteiger partial charge is 0.124 e. The van der Waals surface area contributed by atoms with Gasteiger partial charge in [0.05, 0.1) is 12.6 Å². The van der Waals surface area contributed by atoms with Crippen LogP contribution in [0.4, 0.5) is 0 Å². The van der Waals surface area contributed by atoms with Crippen molar-refractivity contribution in [1.29, 1.82) is 0 Å². The Balaban J connectivity index is 3.91. The molecule has 0 aromatic heterocycles. The monoisotopic (exact) mass is 119 g/mol. The summed E-state index contributed by atoms with van der Waals surface area (Å²) >= 11 is 0. The Kier molecular flexibility index (Phi) is 1.94. The van der Waals surface area contributed by atoms with Gasteiger partial charge in [0.2, 0.25) is 0 Å². The fraction of sp³-hybridized carbons (Fsp3) is 0.750. The van der Waals surface area contributed by atoms with Gasteiger partial charge in [-0.1, -0.05) is 0 Å². The molecular weight excluding hydrogens is 112 g/mol. The third-order valence-electron chi connectivity index (χ3n) is 0.748. The standard InChI is InChI=1S/C4H8O4/c1-4(8,2-5)3(6)7/h5,8H,2H2,1H3,(H,6,7)/p-1/t4-/m0/s1. The highest BCUT2D eigenvalue weighted by atomic mass is 16.4. The predicted octanol–water partition coefficient (Wildman–Crippen LogP) is -2.52. The minimum Gasteiger partial charge on any atom is -0.547 e. The molecule has 0 unspecified atom stereocenters. The fourth-order valence-corrected chi connectivity index (χ4v) is 0.0645. The van der Waals surface area contributed by atoms with Gasteiger partial charge in [-0.15, -0.1) is 0 Å². The van der Waals surface area contributed by atoms with Crippen LogP contribution in [0.15, 0.2) is 0 Å². The number of aliphatic carboxylic acids is 1. The molecule has 0 bridgehead atoms. The summed E-state index contributed by atoms with van der Waals surface area (Å²) in [5, 5.41) is 26.3. The molecule has 0 aliphatic heterocycles. The maximum absolute atomic E-state index is 9.73. The van der Waals surface area contributed by atoms with Crippen molar-refractivity contribution in [1.82, 2.24) is 0 Å². The predicted molar refractivity (Wildman–Crippen MR) is 22.7 cm³/mol. The first-order valence-corrected chi connectivity index (χ1v) is 2.05. The highest BCUT2D eigenvalue weighted by Crippen LogP contribution is 1.96. The molecule has 0 spiro atoms. The van der Waals surface area contributed by atoms with Crippen molar-refractivity contribution < 1.29 is 20.1 Å². The lowest BCUT2D eigenvalue weighted by Gasteiger charge is -2.20. The highest BCUT2D eigenvalue weighted by molar-refractivity contribution is 5.74. The van der Waals surface area contributed by atoms with E-state index in [0.29, 0.717) is 0 Å². The van der Waals surface area contributed by atoms with Crippen LogP contribution in [0.25, 0.3) is 0 Å². The zero-order valence-electron chi connectivity index (χ0n) is 4.42. The summed E-state index contributed by atoms with van der Waals surface area (Å²) in [5.74, 6) is -1.67. The van der Waals surface area contributed by atoms with Crippen LogP contribution in [0.2, 0.25) is 0 Å². The van der Waals surface area contributed by atoms with Crippen LogP contribution < -0.4 is 5.11 Å². The molecule has 0 saturated carbocycles. The Morgan fingerprint density at radius 3 is 2.25 bits per heavy atom. The first kappa shape index (κ1) is 7.39. The van der Waals surface area contributed by atoms with E-state index in [1.54, 1.807) is 0 Å². The molecule has 0 rings (SSSR count). The number of aliphatic hydroxyl groups excluding tert-OH is 1. The summed E-state index contributed by atoms with van der Waals surface area (Å²) in [4.78, 5) is 9.73. The van der Waals surface area contributed by atoms with Crippen LogP contribution in [-0.2, 0) is 4.79 Å². The largest absolute Gasteiger partial charge is 0.547 e. The van der Waals surface area contributed by atoms with E-state index in [1.165, 1.54) is 0 Å². The van der Waals surface area contributed by atoms with Crippen molar-refractivity contribution in [2.45, 2.75) is 12.5 Å². The number of hydrogen-bond donors (Lipinski definition) is 2. The van der Waals surface area contributed by atoms with Crippen molar-refractivity contribution in [3.8, 4) is 0 Å². The number of carbonyl (C=O) groups is 1. The summed E-state index contributed by atoms with van der Waals surface area (Å²) in [5.41, 5.74) is -2.10. The van der Waals surface area contributed by atoms with Gasteiger partial charge >= 0.3 is 0 Å². The number of aliphatic hydroxyl groups is 2. The Morgan fingerprint density at radius 2 is 2.25 bits per heavy atom. The lowest BCUT2D eigenvalue weighted by Crippen LogP contribution is -2.48. The average molecular weight is 119 g/mol. The molecule has 0 amide bonds. The zero-order valence-corrected chi connectivity index (χ0v) is 4.42. The summed E-state index contributed by atoms with van der Waals surface area (Å²) in [6.45, 7) is 0.137. The van der Waals surface area contributed by atoms with Gasteiger partial charge in [-0.25, -0.2) is 0 Å². The summed E-state index contributed by atoms with van der Waals surface area (Å²) in [6, 6.07) is 0. The quantitative estimate of drug-likeness (QED) is 0.420. The Hall–Kier alpha value is -0.610. The zero-order chi connectivity index (χ0) is 6.78. The lowest BCUT2D eigenvalue weighted by molar-refractivity contribution is -0.325. The van der Waals surface area contributed by atoms with Gasteiger partial charge in [-0.2, -0.15) is 0 Å². The molecular formula is C4H7O4-. The van der Waals surface area contributed by atoms with E-state index in [1.807, 2.05) is 0 Å². The van der Waals surface area contributed by atoms with Gasteiger partial charge < -0.3 is 20.1 Å². The van der Waals surface area contributed by atoms with Gasteiger partial charge in [-0.05, 0) is 6.92 Å². The molecule has 0 aromatic carbocycles. The third kappa shape index (κ3) is 1.48. The van der Waals surface area contributed by atoms with Gasteiger partial charge in [0, 0.05) is 0 Å². The molecule has 0 aliphatic rings. The molecule has 48 valence electrons. The molecule has 0 radical (unpaired) electrons. The van der Waals surface area contributed by atoms with Crippen molar-refractivity contribution >= 4 is 5.97 Å². The minimum atomic E-state index is -2.10. The molecule has 0 saturated heterocycles. The normalized spacial score (nSPS) is 17.4. The van der Waals surface area contributed by atoms with Crippen molar-refractivity contribution in [3.05, 3.63) is 0 Å². The van der Waals surface area contributed by atoms with Crippen LogP contribution in [0.5, 0.6) is 0 Å². The third-order valence-corrected chi connectivity index (χ3v) is 0.748. The second-order valence-corrected chi connectivity index (χ2v) is 1.72. The Morgan fingerprint density at radius 1 is 1.88 bits per heavy atom. The molecule has 0 aromatic rings. The first-order chi connectivity index (χ1) is 3.50. The van der Waals surface area contributed by atoms with Crippen LogP contribution in [0, 0.1) is 0 Å². The molecule has 0 aliphatic carbocycles. The number of carbonyl (C=O) groups excluding carboxylic acids is 1. The van der Waals surface area contributed by atoms with E-state index in [2.05, 4.69) is 0 Å². The number of hydrogen-bond acceptors (Lipinski definition) is 4. The van der Waals surface area contributed by atoms with Gasteiger partial charge in [0.15, 0.2) is 0 Å². The first-order valence-electron chi connectivity index (χ1n) is 2.05. The molecule has 1 atom stereocenters. The van der Waals surface area contributed by atoms with E-state index in [9.17, 15) is 9.90 Å². The summed E-state index contributed by atoms with van der Waals surface area (Å²) < 4.78 is 0. The van der Waals surface area contributed by atoms with E-state index >= 15 is 0 Å². The maximum atomic E-state index is 9.73. The van der Waals surface area contributed by atoms with Crippen LogP contribution in [0.1, 0.15) is 6.92 Å². The second kappa shape index (κ2) is 2.11. The SMILES string of the molecule is C[C@](O)(CO)C(=O)[O-]. The number of carboxylic acid groups (broad SMARTS) is 1. The number of carboxylic acids is 1. The second-order valence-electron chi connectivity index (χ2n) is 1.72. The van der Waals surface area contributed by atoms with E-state index < -0.39 is 18.2 Å². The van der Waals surface area contributed by atoms with Crippen molar-refractivity contribution in [2.24, 2.45) is 0 Å². The van der Waals surface area contributed by atoms with Crippen LogP contribution in [0.3, 0.4) is 0 Å². The minimum absolute atomic E-state index is 0.824. The molecule has 4 heteroatoms. The lowest BCUT2D eigenvalue weighted by atomic mass is 10.1. The van der Waals surface area contributed by atoms with Gasteiger partial charge in [0.1, 0.15) is 5.60 Å². The summed E-state index contributed by atoms with van der Waals surface area (Å²) in [6.07, 6.45) is 0. The maximum Gasteiger partial charge on any atom is 0.124 e. The van der Waals surface area contributed by atoms with Crippen molar-refractivity contribution in [3.63, 3.8) is 0 Å². The highest BCUT2D eigenvalue weighted by Gasteiger charge is 2.19. The van der Waals surface area contributed by atoms with E-state index in [0.717, 1.165) is 6.92 Å². The van der Waals surface area contributed by atoms with E-state index in [-0.39, 0.29) is 0 Å². The molecule has 4 nitrogen and oxygen atoms in total. The molecule has 0 heterocycles. The van der Waals surface area contributed by atoms with E-state index in [4.69, 9.17) is 10.2 Å².